The fourth-order valence-electron chi connectivity index (χ4n) is 4.14. The van der Waals surface area contributed by atoms with Crippen molar-refractivity contribution in [3.8, 4) is 0 Å². The number of hydrogen-bond acceptors (Lipinski definition) is 5. The summed E-state index contributed by atoms with van der Waals surface area (Å²) < 4.78 is 41.6. The predicted molar refractivity (Wildman–Crippen MR) is 96.0 cm³/mol. The van der Waals surface area contributed by atoms with Gasteiger partial charge in [0.1, 0.15) is 18.2 Å². The number of methoxy groups -OCH3 is 1. The third-order valence-electron chi connectivity index (χ3n) is 5.18. The highest BCUT2D eigenvalue weighted by Crippen LogP contribution is 2.45. The first kappa shape index (κ1) is 19.8. The van der Waals surface area contributed by atoms with Gasteiger partial charge in [-0.3, -0.25) is 9.59 Å². The normalized spacial score (nSPS) is 24.9. The number of fused-ring (bicyclic) bond motifs is 1. The largest absolute Gasteiger partial charge is 0.375 e. The zero-order valence-corrected chi connectivity index (χ0v) is 16.1. The van der Waals surface area contributed by atoms with Crippen molar-refractivity contribution in [3.63, 3.8) is 0 Å². The predicted octanol–water partition coefficient (Wildman–Crippen LogP) is 0.475. The van der Waals surface area contributed by atoms with E-state index in [1.165, 1.54) is 19.2 Å². The lowest BCUT2D eigenvalue weighted by Gasteiger charge is -2.30. The Morgan fingerprint density at radius 3 is 2.59 bits per heavy atom. The van der Waals surface area contributed by atoms with E-state index in [9.17, 15) is 22.4 Å². The van der Waals surface area contributed by atoms with Gasteiger partial charge in [-0.15, -0.1) is 0 Å². The third kappa shape index (κ3) is 4.30. The molecule has 3 rings (SSSR count). The Balaban J connectivity index is 1.85. The minimum atomic E-state index is -3.41. The number of benzene rings is 1. The fourth-order valence-corrected chi connectivity index (χ4v) is 4.78. The molecule has 148 valence electrons. The second-order valence-electron chi connectivity index (χ2n) is 7.27. The molecule has 1 aromatic rings. The topological polar surface area (TPSA) is 84.0 Å². The summed E-state index contributed by atoms with van der Waals surface area (Å²) in [6.07, 6.45) is 1.03. The molecule has 0 N–H and O–H groups in total. The summed E-state index contributed by atoms with van der Waals surface area (Å²) in [7, 11) is -1.97. The van der Waals surface area contributed by atoms with Crippen LogP contribution in [0.15, 0.2) is 24.3 Å². The van der Waals surface area contributed by atoms with E-state index in [0.29, 0.717) is 25.2 Å². The molecule has 2 saturated heterocycles. The first-order valence-electron chi connectivity index (χ1n) is 8.69. The Morgan fingerprint density at radius 1 is 1.22 bits per heavy atom. The van der Waals surface area contributed by atoms with Gasteiger partial charge in [0, 0.05) is 44.8 Å². The molecule has 1 aromatic carbocycles. The Kier molecular flexibility index (Phi) is 5.53. The zero-order chi connectivity index (χ0) is 19.8. The van der Waals surface area contributed by atoms with Gasteiger partial charge in [-0.1, -0.05) is 12.1 Å². The van der Waals surface area contributed by atoms with Crippen molar-refractivity contribution in [1.82, 2.24) is 9.80 Å². The van der Waals surface area contributed by atoms with E-state index < -0.39 is 27.3 Å². The molecule has 0 radical (unpaired) electrons. The summed E-state index contributed by atoms with van der Waals surface area (Å²) in [5.41, 5.74) is 0.671. The second-order valence-corrected chi connectivity index (χ2v) is 9.41. The van der Waals surface area contributed by atoms with Crippen LogP contribution in [0.1, 0.15) is 11.6 Å². The summed E-state index contributed by atoms with van der Waals surface area (Å²) in [6.45, 7) is 1.09. The molecule has 0 saturated carbocycles. The molecule has 2 aliphatic heterocycles. The fraction of sp³-hybridized carbons (Fsp3) is 0.556. The molecular weight excluding hydrogens is 375 g/mol. The van der Waals surface area contributed by atoms with Gasteiger partial charge in [0.05, 0.1) is 6.04 Å². The Hall–Kier alpha value is -2.00. The Bertz CT molecular complexity index is 844. The Labute approximate surface area is 158 Å². The van der Waals surface area contributed by atoms with E-state index >= 15 is 0 Å². The van der Waals surface area contributed by atoms with Gasteiger partial charge >= 0.3 is 0 Å². The van der Waals surface area contributed by atoms with Crippen LogP contribution in [0.5, 0.6) is 0 Å². The van der Waals surface area contributed by atoms with E-state index in [-0.39, 0.29) is 30.4 Å². The number of rotatable bonds is 5. The number of nitrogens with zero attached hydrogens (tertiary/aromatic N) is 2. The summed E-state index contributed by atoms with van der Waals surface area (Å²) in [5.74, 6) is -1.59. The van der Waals surface area contributed by atoms with Crippen molar-refractivity contribution in [2.45, 2.75) is 6.04 Å². The number of hydrogen-bond donors (Lipinski definition) is 0. The lowest BCUT2D eigenvalue weighted by atomic mass is 9.89. The molecule has 7 nitrogen and oxygen atoms in total. The summed E-state index contributed by atoms with van der Waals surface area (Å²) in [4.78, 5) is 28.0. The smallest absolute Gasteiger partial charge is 0.249 e. The maximum absolute atomic E-state index is 13.8. The molecular formula is C18H23FN2O5S. The van der Waals surface area contributed by atoms with Crippen LogP contribution in [-0.4, -0.2) is 75.4 Å². The van der Waals surface area contributed by atoms with Gasteiger partial charge in [0.25, 0.3) is 0 Å². The van der Waals surface area contributed by atoms with Crippen LogP contribution in [0.25, 0.3) is 0 Å². The van der Waals surface area contributed by atoms with E-state index in [0.717, 1.165) is 6.26 Å². The molecule has 0 bridgehead atoms. The van der Waals surface area contributed by atoms with Crippen LogP contribution >= 0.6 is 0 Å². The van der Waals surface area contributed by atoms with Gasteiger partial charge in [-0.25, -0.2) is 12.8 Å². The van der Waals surface area contributed by atoms with Crippen molar-refractivity contribution in [3.05, 3.63) is 35.6 Å². The molecule has 0 spiro atoms. The van der Waals surface area contributed by atoms with Crippen LogP contribution in [0.2, 0.25) is 0 Å². The van der Waals surface area contributed by atoms with E-state index in [2.05, 4.69) is 0 Å². The minimum Gasteiger partial charge on any atom is -0.375 e. The summed E-state index contributed by atoms with van der Waals surface area (Å²) >= 11 is 0. The molecule has 27 heavy (non-hydrogen) atoms. The first-order chi connectivity index (χ1) is 12.7. The highest BCUT2D eigenvalue weighted by molar-refractivity contribution is 7.91. The SMILES string of the molecule is COCC(=O)N1C[C@H]2CN(C(=O)CS(C)(=O)=O)C[C@H]2[C@@H]1c1cccc(F)c1. The average molecular weight is 398 g/mol. The van der Waals surface area contributed by atoms with Crippen molar-refractivity contribution in [2.75, 3.05) is 45.4 Å². The van der Waals surface area contributed by atoms with Gasteiger partial charge < -0.3 is 14.5 Å². The van der Waals surface area contributed by atoms with E-state index in [4.69, 9.17) is 4.74 Å². The monoisotopic (exact) mass is 398 g/mol. The molecule has 2 amide bonds. The van der Waals surface area contributed by atoms with Crippen LogP contribution in [-0.2, 0) is 24.2 Å². The molecule has 0 unspecified atom stereocenters. The Morgan fingerprint density at radius 2 is 1.96 bits per heavy atom. The number of halogens is 1. The molecule has 2 aliphatic rings. The van der Waals surface area contributed by atoms with Crippen LogP contribution in [0, 0.1) is 17.7 Å². The van der Waals surface area contributed by atoms with E-state index in [1.807, 2.05) is 0 Å². The molecule has 2 heterocycles. The van der Waals surface area contributed by atoms with Gasteiger partial charge in [-0.2, -0.15) is 0 Å². The third-order valence-corrected chi connectivity index (χ3v) is 5.95. The van der Waals surface area contributed by atoms with E-state index in [1.54, 1.807) is 21.9 Å². The quantitative estimate of drug-likeness (QED) is 0.720. The zero-order valence-electron chi connectivity index (χ0n) is 15.3. The van der Waals surface area contributed by atoms with Crippen LogP contribution in [0.3, 0.4) is 0 Å². The van der Waals surface area contributed by atoms with Gasteiger partial charge in [-0.05, 0) is 17.7 Å². The van der Waals surface area contributed by atoms with Crippen molar-refractivity contribution < 1.29 is 27.1 Å². The molecule has 0 aromatic heterocycles. The minimum absolute atomic E-state index is 0.0163. The average Bonchev–Trinajstić information content (AvgIpc) is 3.11. The second kappa shape index (κ2) is 7.55. The molecule has 2 fully saturated rings. The maximum atomic E-state index is 13.8. The van der Waals surface area contributed by atoms with Crippen molar-refractivity contribution in [2.24, 2.45) is 11.8 Å². The highest BCUT2D eigenvalue weighted by atomic mass is 32.2. The number of sulfone groups is 1. The maximum Gasteiger partial charge on any atom is 0.249 e. The lowest BCUT2D eigenvalue weighted by Crippen LogP contribution is -2.40. The van der Waals surface area contributed by atoms with Gasteiger partial charge in [0.15, 0.2) is 9.84 Å². The molecule has 3 atom stereocenters. The molecule has 0 aliphatic carbocycles. The number of carbonyl (C=O) groups is 2. The summed E-state index contributed by atoms with van der Waals surface area (Å²) in [5, 5.41) is 0. The number of amides is 2. The van der Waals surface area contributed by atoms with Crippen LogP contribution < -0.4 is 0 Å². The standard InChI is InChI=1S/C18H23FN2O5S/c1-26-10-16(22)21-8-13-7-20(17(23)11-27(2,24)25)9-15(13)18(21)12-4-3-5-14(19)6-12/h3-6,13,15,18H,7-11H2,1-2H3/t13-,15-,18+/m1/s1. The van der Waals surface area contributed by atoms with Crippen molar-refractivity contribution in [1.29, 1.82) is 0 Å². The lowest BCUT2D eigenvalue weighted by molar-refractivity contribution is -0.136. The molecule has 9 heteroatoms. The van der Waals surface area contributed by atoms with Crippen molar-refractivity contribution >= 4 is 21.7 Å². The number of ether oxygens (including phenoxy) is 1. The first-order valence-corrected chi connectivity index (χ1v) is 10.7. The highest BCUT2D eigenvalue weighted by Gasteiger charge is 2.50. The number of carbonyl (C=O) groups excluding carboxylic acids is 2. The number of likely N-dealkylation sites (tertiary alicyclic amines) is 2. The van der Waals surface area contributed by atoms with Crippen LogP contribution in [0.4, 0.5) is 4.39 Å². The summed E-state index contributed by atoms with van der Waals surface area (Å²) in [6, 6.07) is 5.74. The van der Waals surface area contributed by atoms with Gasteiger partial charge in [0.2, 0.25) is 11.8 Å².